The second kappa shape index (κ2) is 2.10. The first-order valence-electron chi connectivity index (χ1n) is 4.49. The maximum Gasteiger partial charge on any atom is 0.0821 e. The lowest BCUT2D eigenvalue weighted by molar-refractivity contribution is 0.0817. The standard InChI is InChI=1S/C10H16O/c1-4-10(3)6-8-7(2)5-9(10)11-8/h5,8-9H,4,6H2,1-3H3. The maximum atomic E-state index is 5.80. The Kier molecular flexibility index (Phi) is 1.40. The Morgan fingerprint density at radius 3 is 2.82 bits per heavy atom. The van der Waals surface area contributed by atoms with Gasteiger partial charge < -0.3 is 4.74 Å². The van der Waals surface area contributed by atoms with Gasteiger partial charge in [0, 0.05) is 0 Å². The Bertz CT molecular complexity index is 207. The van der Waals surface area contributed by atoms with Crippen LogP contribution in [0.2, 0.25) is 0 Å². The predicted molar refractivity (Wildman–Crippen MR) is 45.4 cm³/mol. The first kappa shape index (κ1) is 7.35. The van der Waals surface area contributed by atoms with Gasteiger partial charge in [-0.15, -0.1) is 0 Å². The van der Waals surface area contributed by atoms with Crippen LogP contribution in [-0.4, -0.2) is 12.2 Å². The number of fused-ring (bicyclic) bond motifs is 2. The van der Waals surface area contributed by atoms with Crippen molar-refractivity contribution in [3.05, 3.63) is 11.6 Å². The molecule has 2 bridgehead atoms. The highest BCUT2D eigenvalue weighted by Gasteiger charge is 2.47. The molecule has 1 heteroatoms. The molecule has 2 rings (SSSR count). The predicted octanol–water partition coefficient (Wildman–Crippen LogP) is 2.52. The molecular formula is C10H16O. The van der Waals surface area contributed by atoms with E-state index in [4.69, 9.17) is 4.74 Å². The molecule has 0 amide bonds. The van der Waals surface area contributed by atoms with Crippen molar-refractivity contribution in [2.45, 2.75) is 45.8 Å². The maximum absolute atomic E-state index is 5.80. The minimum Gasteiger partial charge on any atom is -0.366 e. The molecule has 0 radical (unpaired) electrons. The molecule has 0 aliphatic carbocycles. The van der Waals surface area contributed by atoms with Gasteiger partial charge in [-0.2, -0.15) is 0 Å². The monoisotopic (exact) mass is 152 g/mol. The third-order valence-electron chi connectivity index (χ3n) is 3.38. The molecule has 0 aromatic rings. The normalized spacial score (nSPS) is 48.1. The van der Waals surface area contributed by atoms with Gasteiger partial charge in [-0.1, -0.05) is 19.9 Å². The van der Waals surface area contributed by atoms with Crippen molar-refractivity contribution in [1.82, 2.24) is 0 Å². The minimum atomic E-state index is 0.414. The molecule has 2 heterocycles. The van der Waals surface area contributed by atoms with Gasteiger partial charge in [0.2, 0.25) is 0 Å². The van der Waals surface area contributed by atoms with Crippen molar-refractivity contribution in [2.75, 3.05) is 0 Å². The Hall–Kier alpha value is -0.300. The number of hydrogen-bond acceptors (Lipinski definition) is 1. The van der Waals surface area contributed by atoms with E-state index in [9.17, 15) is 0 Å². The Labute approximate surface area is 68.4 Å². The van der Waals surface area contributed by atoms with Gasteiger partial charge in [0.25, 0.3) is 0 Å². The van der Waals surface area contributed by atoms with Crippen LogP contribution < -0.4 is 0 Å². The lowest BCUT2D eigenvalue weighted by atomic mass is 9.75. The molecule has 3 atom stereocenters. The fourth-order valence-electron chi connectivity index (χ4n) is 2.13. The molecule has 0 saturated carbocycles. The highest BCUT2D eigenvalue weighted by Crippen LogP contribution is 2.48. The number of ether oxygens (including phenoxy) is 1. The van der Waals surface area contributed by atoms with Crippen molar-refractivity contribution < 1.29 is 4.74 Å². The van der Waals surface area contributed by atoms with Crippen LogP contribution in [0.5, 0.6) is 0 Å². The molecule has 3 unspecified atom stereocenters. The summed E-state index contributed by atoms with van der Waals surface area (Å²) in [7, 11) is 0. The molecule has 2 aliphatic heterocycles. The molecule has 1 fully saturated rings. The summed E-state index contributed by atoms with van der Waals surface area (Å²) in [5, 5.41) is 0. The van der Waals surface area contributed by atoms with Crippen molar-refractivity contribution in [3.8, 4) is 0 Å². The second-order valence-corrected chi connectivity index (χ2v) is 4.17. The molecule has 0 N–H and O–H groups in total. The van der Waals surface area contributed by atoms with Crippen molar-refractivity contribution in [2.24, 2.45) is 5.41 Å². The van der Waals surface area contributed by atoms with Gasteiger partial charge in [0.05, 0.1) is 12.2 Å². The summed E-state index contributed by atoms with van der Waals surface area (Å²) < 4.78 is 5.80. The van der Waals surface area contributed by atoms with Crippen LogP contribution >= 0.6 is 0 Å². The fraction of sp³-hybridized carbons (Fsp3) is 0.800. The van der Waals surface area contributed by atoms with E-state index in [2.05, 4.69) is 26.8 Å². The van der Waals surface area contributed by atoms with Crippen LogP contribution in [0.1, 0.15) is 33.6 Å². The largest absolute Gasteiger partial charge is 0.366 e. The van der Waals surface area contributed by atoms with Crippen molar-refractivity contribution in [3.63, 3.8) is 0 Å². The van der Waals surface area contributed by atoms with E-state index in [1.54, 1.807) is 0 Å². The zero-order chi connectivity index (χ0) is 8.06. The third-order valence-corrected chi connectivity index (χ3v) is 3.38. The Balaban J connectivity index is 2.25. The highest BCUT2D eigenvalue weighted by atomic mass is 16.5. The van der Waals surface area contributed by atoms with E-state index in [-0.39, 0.29) is 0 Å². The average Bonchev–Trinajstić information content (AvgIpc) is 2.45. The molecule has 0 aromatic carbocycles. The van der Waals surface area contributed by atoms with Gasteiger partial charge in [0.1, 0.15) is 0 Å². The van der Waals surface area contributed by atoms with E-state index >= 15 is 0 Å². The van der Waals surface area contributed by atoms with Gasteiger partial charge in [-0.05, 0) is 30.8 Å². The molecule has 1 saturated heterocycles. The molecule has 2 aliphatic rings. The fourth-order valence-corrected chi connectivity index (χ4v) is 2.13. The minimum absolute atomic E-state index is 0.414. The number of hydrogen-bond donors (Lipinski definition) is 0. The van der Waals surface area contributed by atoms with Crippen LogP contribution in [0.3, 0.4) is 0 Å². The van der Waals surface area contributed by atoms with Crippen LogP contribution in [0.25, 0.3) is 0 Å². The summed E-state index contributed by atoms with van der Waals surface area (Å²) in [6.45, 7) is 6.77. The van der Waals surface area contributed by atoms with Gasteiger partial charge in [-0.3, -0.25) is 0 Å². The summed E-state index contributed by atoms with van der Waals surface area (Å²) in [5.41, 5.74) is 1.88. The summed E-state index contributed by atoms with van der Waals surface area (Å²) in [4.78, 5) is 0. The lowest BCUT2D eigenvalue weighted by Gasteiger charge is -2.27. The number of rotatable bonds is 1. The van der Waals surface area contributed by atoms with E-state index < -0.39 is 0 Å². The van der Waals surface area contributed by atoms with Gasteiger partial charge in [0.15, 0.2) is 0 Å². The summed E-state index contributed by atoms with van der Waals surface area (Å²) in [6.07, 6.45) is 5.63. The topological polar surface area (TPSA) is 9.23 Å². The van der Waals surface area contributed by atoms with Crippen LogP contribution in [0, 0.1) is 5.41 Å². The molecule has 0 aromatic heterocycles. The van der Waals surface area contributed by atoms with E-state index in [0.29, 0.717) is 17.6 Å². The molecule has 11 heavy (non-hydrogen) atoms. The Morgan fingerprint density at radius 1 is 1.73 bits per heavy atom. The van der Waals surface area contributed by atoms with Gasteiger partial charge in [-0.25, -0.2) is 0 Å². The summed E-state index contributed by atoms with van der Waals surface area (Å²) in [6, 6.07) is 0. The first-order valence-corrected chi connectivity index (χ1v) is 4.49. The van der Waals surface area contributed by atoms with E-state index in [1.165, 1.54) is 18.4 Å². The smallest absolute Gasteiger partial charge is 0.0821 e. The average molecular weight is 152 g/mol. The second-order valence-electron chi connectivity index (χ2n) is 4.17. The van der Waals surface area contributed by atoms with Crippen LogP contribution in [0.15, 0.2) is 11.6 Å². The molecule has 0 spiro atoms. The van der Waals surface area contributed by atoms with E-state index in [1.807, 2.05) is 0 Å². The molecule has 62 valence electrons. The van der Waals surface area contributed by atoms with Gasteiger partial charge >= 0.3 is 0 Å². The SMILES string of the molecule is CCC1(C)CC2OC1C=C2C. The van der Waals surface area contributed by atoms with Crippen molar-refractivity contribution in [1.29, 1.82) is 0 Å². The summed E-state index contributed by atoms with van der Waals surface area (Å²) in [5.74, 6) is 0. The highest BCUT2D eigenvalue weighted by molar-refractivity contribution is 5.23. The first-order chi connectivity index (χ1) is 5.15. The van der Waals surface area contributed by atoms with Crippen molar-refractivity contribution >= 4 is 0 Å². The zero-order valence-electron chi connectivity index (χ0n) is 7.55. The molecule has 1 nitrogen and oxygen atoms in total. The van der Waals surface area contributed by atoms with Crippen LogP contribution in [0.4, 0.5) is 0 Å². The third kappa shape index (κ3) is 0.871. The summed E-state index contributed by atoms with van der Waals surface area (Å²) >= 11 is 0. The molecular weight excluding hydrogens is 136 g/mol. The van der Waals surface area contributed by atoms with Crippen LogP contribution in [-0.2, 0) is 4.74 Å². The quantitative estimate of drug-likeness (QED) is 0.525. The lowest BCUT2D eigenvalue weighted by Crippen LogP contribution is -2.26. The van der Waals surface area contributed by atoms with E-state index in [0.717, 1.165) is 0 Å². The Morgan fingerprint density at radius 2 is 2.45 bits per heavy atom. The zero-order valence-corrected chi connectivity index (χ0v) is 7.55.